The Labute approximate surface area is 339 Å². The summed E-state index contributed by atoms with van der Waals surface area (Å²) >= 11 is -0.826. The van der Waals surface area contributed by atoms with Gasteiger partial charge in [-0.05, 0) is 90.6 Å². The van der Waals surface area contributed by atoms with Gasteiger partial charge in [-0.25, -0.2) is 0 Å². The SMILES string of the molecule is C[Si]C.Cc1cc2c(-c3ccc4cc5ccccc5cc4c3)cccc2[cH-]1.Cc1cc2c(-c3ccc4cc5ccccc5cc4c3)cccc2[cH-]1.[Cl][Zr+2][Cl]. The van der Waals surface area contributed by atoms with Crippen molar-refractivity contribution in [3.63, 3.8) is 0 Å². The molecule has 0 saturated carbocycles. The summed E-state index contributed by atoms with van der Waals surface area (Å²) in [4.78, 5) is 0. The van der Waals surface area contributed by atoms with Crippen LogP contribution in [-0.2, 0) is 20.8 Å². The van der Waals surface area contributed by atoms with Crippen molar-refractivity contribution in [3.8, 4) is 22.3 Å². The Morgan fingerprint density at radius 1 is 0.407 bits per heavy atom. The van der Waals surface area contributed by atoms with E-state index in [1.807, 2.05) is 0 Å². The molecule has 2 radical (unpaired) electrons. The van der Waals surface area contributed by atoms with Gasteiger partial charge in [0.25, 0.3) is 0 Å². The molecule has 0 saturated heterocycles. The fourth-order valence-electron chi connectivity index (χ4n) is 7.49. The average Bonchev–Trinajstić information content (AvgIpc) is 3.77. The molecule has 0 N–H and O–H groups in total. The second-order valence-corrected chi connectivity index (χ2v) is 18.5. The summed E-state index contributed by atoms with van der Waals surface area (Å²) in [5.41, 5.74) is 7.85. The van der Waals surface area contributed by atoms with Crippen molar-refractivity contribution in [1.29, 1.82) is 0 Å². The van der Waals surface area contributed by atoms with E-state index in [0.717, 1.165) is 9.52 Å². The van der Waals surface area contributed by atoms with Crippen LogP contribution in [0, 0.1) is 13.8 Å². The summed E-state index contributed by atoms with van der Waals surface area (Å²) in [5.74, 6) is 0. The van der Waals surface area contributed by atoms with Gasteiger partial charge in [0.05, 0.1) is 0 Å². The predicted octanol–water partition coefficient (Wildman–Crippen LogP) is 15.8. The van der Waals surface area contributed by atoms with E-state index in [0.29, 0.717) is 0 Å². The van der Waals surface area contributed by atoms with Crippen LogP contribution in [0.15, 0.2) is 170 Å². The predicted molar refractivity (Wildman–Crippen MR) is 239 cm³/mol. The van der Waals surface area contributed by atoms with E-state index in [9.17, 15) is 0 Å². The Kier molecular flexibility index (Phi) is 12.3. The molecule has 10 rings (SSSR count). The molecule has 0 unspecified atom stereocenters. The zero-order chi connectivity index (χ0) is 37.6. The summed E-state index contributed by atoms with van der Waals surface area (Å²) in [6, 6.07) is 62.1. The van der Waals surface area contributed by atoms with Crippen LogP contribution < -0.4 is 0 Å². The molecule has 0 atom stereocenters. The summed E-state index contributed by atoms with van der Waals surface area (Å²) < 4.78 is 0. The summed E-state index contributed by atoms with van der Waals surface area (Å²) in [6.45, 7) is 8.63. The third-order valence-corrected chi connectivity index (χ3v) is 9.82. The molecule has 0 bridgehead atoms. The molecule has 262 valence electrons. The number of fused-ring (bicyclic) bond motifs is 6. The number of halogens is 2. The molecule has 0 fully saturated rings. The Balaban J connectivity index is 0.000000146. The summed E-state index contributed by atoms with van der Waals surface area (Å²) in [7, 11) is 11.0. The molecule has 0 aromatic heterocycles. The van der Waals surface area contributed by atoms with Gasteiger partial charge in [0.1, 0.15) is 0 Å². The number of hydrogen-bond acceptors (Lipinski definition) is 0. The van der Waals surface area contributed by atoms with E-state index < -0.39 is 20.8 Å². The van der Waals surface area contributed by atoms with E-state index in [4.69, 9.17) is 17.0 Å². The maximum absolute atomic E-state index is 4.93. The number of rotatable bonds is 2. The number of hydrogen-bond donors (Lipinski definition) is 0. The molecule has 0 heterocycles. The minimum atomic E-state index is -0.826. The van der Waals surface area contributed by atoms with Gasteiger partial charge in [-0.15, -0.1) is 69.1 Å². The van der Waals surface area contributed by atoms with Gasteiger partial charge in [0.15, 0.2) is 0 Å². The van der Waals surface area contributed by atoms with E-state index in [1.165, 1.54) is 98.0 Å². The fourth-order valence-corrected chi connectivity index (χ4v) is 7.49. The number of benzene rings is 8. The van der Waals surface area contributed by atoms with E-state index in [2.05, 4.69) is 197 Å². The molecule has 0 aliphatic carbocycles. The zero-order valence-corrected chi connectivity index (χ0v) is 35.9. The fraction of sp³-hybridized carbons (Fsp3) is 0.0800. The molecular formula is C50H40Cl2SiZr. The van der Waals surface area contributed by atoms with Crippen LogP contribution in [0.25, 0.3) is 86.9 Å². The maximum atomic E-state index is 4.93. The zero-order valence-electron chi connectivity index (χ0n) is 30.9. The topological polar surface area (TPSA) is 0 Å². The second kappa shape index (κ2) is 17.4. The molecule has 4 heteroatoms. The van der Waals surface area contributed by atoms with E-state index in [-0.39, 0.29) is 0 Å². The van der Waals surface area contributed by atoms with Crippen molar-refractivity contribution in [1.82, 2.24) is 0 Å². The summed E-state index contributed by atoms with van der Waals surface area (Å²) in [5, 5.41) is 15.7. The van der Waals surface area contributed by atoms with Crippen LogP contribution in [0.2, 0.25) is 13.1 Å². The third-order valence-electron chi connectivity index (χ3n) is 9.82. The molecule has 0 aliphatic rings. The molecule has 10 aromatic rings. The minimum absolute atomic E-state index is 0.826. The number of aryl methyl sites for hydroxylation is 2. The van der Waals surface area contributed by atoms with Gasteiger partial charge in [0, 0.05) is 9.52 Å². The average molecular weight is 831 g/mol. The summed E-state index contributed by atoms with van der Waals surface area (Å²) in [6.07, 6.45) is 0. The van der Waals surface area contributed by atoms with E-state index >= 15 is 0 Å². The van der Waals surface area contributed by atoms with Gasteiger partial charge >= 0.3 is 37.9 Å². The van der Waals surface area contributed by atoms with Crippen LogP contribution in [-0.4, -0.2) is 9.52 Å². The van der Waals surface area contributed by atoms with Crippen molar-refractivity contribution in [2.75, 3.05) is 0 Å². The third kappa shape index (κ3) is 8.34. The molecule has 0 spiro atoms. The molecule has 0 aliphatic heterocycles. The molecule has 54 heavy (non-hydrogen) atoms. The van der Waals surface area contributed by atoms with Crippen molar-refractivity contribution < 1.29 is 20.8 Å². The quantitative estimate of drug-likeness (QED) is 0.0925. The molecular weight excluding hydrogens is 791 g/mol. The van der Waals surface area contributed by atoms with Crippen molar-refractivity contribution in [2.45, 2.75) is 26.9 Å². The van der Waals surface area contributed by atoms with Gasteiger partial charge in [-0.3, -0.25) is 0 Å². The van der Waals surface area contributed by atoms with Crippen molar-refractivity contribution in [2.24, 2.45) is 0 Å². The van der Waals surface area contributed by atoms with Crippen molar-refractivity contribution >= 4 is 91.2 Å². The Morgan fingerprint density at radius 2 is 0.741 bits per heavy atom. The van der Waals surface area contributed by atoms with Crippen LogP contribution in [0.1, 0.15) is 11.1 Å². The standard InChI is InChI=1S/2C24H17.C2H6Si.2ClH.Zr/c2*1-16-11-20-7-4-8-23(24(20)12-16)21-10-9-19-13-17-5-2-3-6-18(17)14-22(19)15-21;1-3-2;;;/h2*2-15H,1H3;1-2H3;2*1H;/q2*-1;;;;+4/p-2. The normalized spacial score (nSPS) is 10.8. The Hall–Kier alpha value is -4.30. The van der Waals surface area contributed by atoms with Gasteiger partial charge in [-0.1, -0.05) is 123 Å². The van der Waals surface area contributed by atoms with Gasteiger partial charge < -0.3 is 0 Å². The Morgan fingerprint density at radius 3 is 1.11 bits per heavy atom. The van der Waals surface area contributed by atoms with Crippen LogP contribution >= 0.6 is 17.0 Å². The monoisotopic (exact) mass is 828 g/mol. The van der Waals surface area contributed by atoms with E-state index in [1.54, 1.807) is 0 Å². The second-order valence-electron chi connectivity index (χ2n) is 13.8. The van der Waals surface area contributed by atoms with Crippen LogP contribution in [0.4, 0.5) is 0 Å². The first-order chi connectivity index (χ1) is 26.4. The first kappa shape index (κ1) is 38.0. The van der Waals surface area contributed by atoms with Crippen LogP contribution in [0.3, 0.4) is 0 Å². The van der Waals surface area contributed by atoms with Crippen LogP contribution in [0.5, 0.6) is 0 Å². The van der Waals surface area contributed by atoms with Gasteiger partial charge in [-0.2, -0.15) is 12.1 Å². The van der Waals surface area contributed by atoms with Gasteiger partial charge in [0.2, 0.25) is 0 Å². The molecule has 0 amide bonds. The first-order valence-corrected chi connectivity index (χ1v) is 26.4. The van der Waals surface area contributed by atoms with Crippen molar-refractivity contribution in [3.05, 3.63) is 181 Å². The molecule has 10 aromatic carbocycles. The first-order valence-electron chi connectivity index (χ1n) is 18.1. The Bertz CT molecular complexity index is 2670. The molecule has 0 nitrogen and oxygen atoms in total.